The summed E-state index contributed by atoms with van der Waals surface area (Å²) >= 11 is 0. The molecule has 0 aromatic heterocycles. The van der Waals surface area contributed by atoms with Gasteiger partial charge in [0, 0.05) is 29.7 Å². The minimum absolute atomic E-state index is 0.131. The second-order valence-corrected chi connectivity index (χ2v) is 6.55. The van der Waals surface area contributed by atoms with Gasteiger partial charge in [0.05, 0.1) is 0 Å². The van der Waals surface area contributed by atoms with Crippen molar-refractivity contribution < 1.29 is 19.2 Å². The summed E-state index contributed by atoms with van der Waals surface area (Å²) in [5.74, 6) is -0.697. The van der Waals surface area contributed by atoms with Gasteiger partial charge in [0.2, 0.25) is 11.8 Å². The molecule has 0 spiro atoms. The van der Waals surface area contributed by atoms with Crippen LogP contribution in [0.1, 0.15) is 85.9 Å². The zero-order valence-corrected chi connectivity index (χ0v) is 15.6. The van der Waals surface area contributed by atoms with Crippen LogP contribution in [0.2, 0.25) is 0 Å². The predicted molar refractivity (Wildman–Crippen MR) is 101 cm³/mol. The quantitative estimate of drug-likeness (QED) is 0.438. The highest BCUT2D eigenvalue weighted by Crippen LogP contribution is 2.17. The average molecular weight is 360 g/mol. The lowest BCUT2D eigenvalue weighted by Crippen LogP contribution is -2.12. The lowest BCUT2D eigenvalue weighted by Gasteiger charge is -2.09. The number of amides is 2. The first kappa shape index (κ1) is 21.5. The first-order valence-electron chi connectivity index (χ1n) is 9.04. The molecule has 0 bridgehead atoms. The lowest BCUT2D eigenvalue weighted by molar-refractivity contribution is -0.118. The van der Waals surface area contributed by atoms with Crippen molar-refractivity contribution in [2.75, 3.05) is 5.32 Å². The number of ketones is 2. The maximum absolute atomic E-state index is 12.1. The van der Waals surface area contributed by atoms with Gasteiger partial charge in [-0.25, -0.2) is 0 Å². The van der Waals surface area contributed by atoms with Crippen molar-refractivity contribution in [3.63, 3.8) is 0 Å². The summed E-state index contributed by atoms with van der Waals surface area (Å²) < 4.78 is 0. The molecule has 1 aromatic rings. The van der Waals surface area contributed by atoms with E-state index in [1.165, 1.54) is 13.8 Å². The molecule has 1 rings (SSSR count). The van der Waals surface area contributed by atoms with Crippen LogP contribution in [-0.4, -0.2) is 23.4 Å². The molecule has 6 heteroatoms. The summed E-state index contributed by atoms with van der Waals surface area (Å²) in [6.45, 7) is 2.85. The molecule has 0 fully saturated rings. The smallest absolute Gasteiger partial charge is 0.224 e. The van der Waals surface area contributed by atoms with E-state index in [-0.39, 0.29) is 23.4 Å². The van der Waals surface area contributed by atoms with E-state index in [0.29, 0.717) is 29.7 Å². The van der Waals surface area contributed by atoms with Gasteiger partial charge in [-0.05, 0) is 44.9 Å². The van der Waals surface area contributed by atoms with Gasteiger partial charge in [-0.15, -0.1) is 0 Å². The van der Waals surface area contributed by atoms with Gasteiger partial charge in [0.15, 0.2) is 11.6 Å². The number of hydrogen-bond acceptors (Lipinski definition) is 4. The van der Waals surface area contributed by atoms with E-state index >= 15 is 0 Å². The van der Waals surface area contributed by atoms with Gasteiger partial charge in [0.1, 0.15) is 0 Å². The molecule has 0 radical (unpaired) electrons. The molecule has 0 saturated heterocycles. The van der Waals surface area contributed by atoms with Crippen LogP contribution in [0.25, 0.3) is 0 Å². The molecular formula is C20H28N2O4. The van der Waals surface area contributed by atoms with Gasteiger partial charge in [-0.3, -0.25) is 19.2 Å². The summed E-state index contributed by atoms with van der Waals surface area (Å²) in [7, 11) is 0. The van der Waals surface area contributed by atoms with Crippen LogP contribution >= 0.6 is 0 Å². The highest BCUT2D eigenvalue weighted by Gasteiger charge is 2.10. The molecule has 0 aliphatic rings. The van der Waals surface area contributed by atoms with Gasteiger partial charge in [-0.1, -0.05) is 25.7 Å². The third kappa shape index (κ3) is 8.55. The Bertz CT molecular complexity index is 636. The third-order valence-electron chi connectivity index (χ3n) is 4.11. The number of benzene rings is 1. The van der Waals surface area contributed by atoms with E-state index in [4.69, 9.17) is 5.73 Å². The minimum Gasteiger partial charge on any atom is -0.370 e. The SMILES string of the molecule is CC(=O)c1cc(NC(=O)CCCCCCCCC(N)=O)cc(C(C)=O)c1. The van der Waals surface area contributed by atoms with E-state index in [9.17, 15) is 19.2 Å². The number of carbonyl (C=O) groups is 4. The Morgan fingerprint density at radius 3 is 1.69 bits per heavy atom. The monoisotopic (exact) mass is 360 g/mol. The van der Waals surface area contributed by atoms with Crippen LogP contribution in [0.5, 0.6) is 0 Å². The molecule has 2 amide bonds. The number of rotatable bonds is 12. The maximum Gasteiger partial charge on any atom is 0.224 e. The van der Waals surface area contributed by atoms with Gasteiger partial charge in [0.25, 0.3) is 0 Å². The van der Waals surface area contributed by atoms with Crippen LogP contribution in [0, 0.1) is 0 Å². The van der Waals surface area contributed by atoms with Crippen molar-refractivity contribution in [1.29, 1.82) is 0 Å². The second-order valence-electron chi connectivity index (χ2n) is 6.55. The van der Waals surface area contributed by atoms with Crippen LogP contribution < -0.4 is 11.1 Å². The number of unbranched alkanes of at least 4 members (excludes halogenated alkanes) is 5. The summed E-state index contributed by atoms with van der Waals surface area (Å²) in [5, 5.41) is 2.76. The van der Waals surface area contributed by atoms with Gasteiger partial charge < -0.3 is 11.1 Å². The van der Waals surface area contributed by atoms with Crippen molar-refractivity contribution in [3.8, 4) is 0 Å². The molecule has 0 heterocycles. The number of nitrogens with two attached hydrogens (primary N) is 1. The molecule has 0 atom stereocenters. The molecular weight excluding hydrogens is 332 g/mol. The molecule has 142 valence electrons. The Balaban J connectivity index is 2.38. The first-order chi connectivity index (χ1) is 12.3. The van der Waals surface area contributed by atoms with E-state index in [1.54, 1.807) is 18.2 Å². The van der Waals surface area contributed by atoms with Crippen LogP contribution in [0.4, 0.5) is 5.69 Å². The van der Waals surface area contributed by atoms with Crippen molar-refractivity contribution in [3.05, 3.63) is 29.3 Å². The summed E-state index contributed by atoms with van der Waals surface area (Å²) in [5.41, 5.74) is 6.37. The normalized spacial score (nSPS) is 10.4. The molecule has 26 heavy (non-hydrogen) atoms. The number of nitrogens with one attached hydrogen (secondary N) is 1. The molecule has 0 saturated carbocycles. The Kier molecular flexibility index (Phi) is 9.26. The second kappa shape index (κ2) is 11.2. The fraction of sp³-hybridized carbons (Fsp3) is 0.500. The van der Waals surface area contributed by atoms with E-state index < -0.39 is 0 Å². The number of anilines is 1. The van der Waals surface area contributed by atoms with Crippen molar-refractivity contribution >= 4 is 29.1 Å². The minimum atomic E-state index is -0.261. The fourth-order valence-electron chi connectivity index (χ4n) is 2.62. The summed E-state index contributed by atoms with van der Waals surface area (Å²) in [6, 6.07) is 4.72. The molecule has 0 aliphatic carbocycles. The molecule has 0 aliphatic heterocycles. The van der Waals surface area contributed by atoms with E-state index in [1.807, 2.05) is 0 Å². The van der Waals surface area contributed by atoms with Crippen LogP contribution in [-0.2, 0) is 9.59 Å². The summed E-state index contributed by atoms with van der Waals surface area (Å²) in [4.78, 5) is 45.8. The lowest BCUT2D eigenvalue weighted by atomic mass is 10.0. The highest BCUT2D eigenvalue weighted by atomic mass is 16.2. The Hall–Kier alpha value is -2.50. The van der Waals surface area contributed by atoms with Gasteiger partial charge >= 0.3 is 0 Å². The molecule has 6 nitrogen and oxygen atoms in total. The number of carbonyl (C=O) groups excluding carboxylic acids is 4. The zero-order chi connectivity index (χ0) is 19.5. The largest absolute Gasteiger partial charge is 0.370 e. The standard InChI is InChI=1S/C20H28N2O4/c1-14(23)16-11-17(15(2)24)13-18(12-16)22-20(26)10-8-6-4-3-5-7-9-19(21)25/h11-13H,3-10H2,1-2H3,(H2,21,25)(H,22,26). The van der Waals surface area contributed by atoms with E-state index in [0.717, 1.165) is 38.5 Å². The first-order valence-corrected chi connectivity index (χ1v) is 9.04. The van der Waals surface area contributed by atoms with Crippen molar-refractivity contribution in [1.82, 2.24) is 0 Å². The Morgan fingerprint density at radius 1 is 0.769 bits per heavy atom. The third-order valence-corrected chi connectivity index (χ3v) is 4.11. The van der Waals surface area contributed by atoms with Crippen LogP contribution in [0.3, 0.4) is 0 Å². The molecule has 3 N–H and O–H groups in total. The highest BCUT2D eigenvalue weighted by molar-refractivity contribution is 6.02. The van der Waals surface area contributed by atoms with Gasteiger partial charge in [-0.2, -0.15) is 0 Å². The van der Waals surface area contributed by atoms with E-state index in [2.05, 4.69) is 5.32 Å². The zero-order valence-electron chi connectivity index (χ0n) is 15.6. The maximum atomic E-state index is 12.1. The Labute approximate surface area is 154 Å². The molecule has 1 aromatic carbocycles. The molecule has 0 unspecified atom stereocenters. The number of Topliss-reactive ketones (excluding diaryl/α,β-unsaturated/α-hetero) is 2. The fourth-order valence-corrected chi connectivity index (χ4v) is 2.62. The average Bonchev–Trinajstić information content (AvgIpc) is 2.56. The topological polar surface area (TPSA) is 106 Å². The number of hydrogen-bond donors (Lipinski definition) is 2. The van der Waals surface area contributed by atoms with Crippen molar-refractivity contribution in [2.24, 2.45) is 5.73 Å². The summed E-state index contributed by atoms with van der Waals surface area (Å²) in [6.07, 6.45) is 6.37. The Morgan fingerprint density at radius 2 is 1.23 bits per heavy atom. The number of primary amides is 1. The predicted octanol–water partition coefficient (Wildman–Crippen LogP) is 3.64. The van der Waals surface area contributed by atoms with Crippen LogP contribution in [0.15, 0.2) is 18.2 Å². The van der Waals surface area contributed by atoms with Crippen molar-refractivity contribution in [2.45, 2.75) is 65.2 Å².